The number of ether oxygens (including phenoxy) is 1. The Kier molecular flexibility index (Phi) is 3.82. The molecule has 0 spiro atoms. The van der Waals surface area contributed by atoms with E-state index in [0.717, 1.165) is 5.69 Å². The molecule has 0 aliphatic carbocycles. The number of nitrogens with zero attached hydrogens (tertiary/aromatic N) is 5. The number of rotatable bonds is 5. The highest BCUT2D eigenvalue weighted by Crippen LogP contribution is 2.28. The number of aryl methyl sites for hydroxylation is 2. The first-order valence-electron chi connectivity index (χ1n) is 6.66. The molecular weight excluding hydrogens is 289 g/mol. The van der Waals surface area contributed by atoms with Gasteiger partial charge in [0.25, 0.3) is 5.89 Å². The molecule has 0 unspecified atom stereocenters. The topological polar surface area (TPSA) is 78.9 Å². The average molecular weight is 303 g/mol. The zero-order valence-electron chi connectivity index (χ0n) is 12.2. The lowest BCUT2D eigenvalue weighted by molar-refractivity contribution is 0.391. The molecule has 3 aromatic rings. The monoisotopic (exact) mass is 303 g/mol. The molecule has 22 heavy (non-hydrogen) atoms. The maximum Gasteiger partial charge on any atom is 0.263 e. The largest absolute Gasteiger partial charge is 0.480 e. The molecule has 0 saturated heterocycles. The van der Waals surface area contributed by atoms with Crippen LogP contribution in [-0.4, -0.2) is 38.7 Å². The van der Waals surface area contributed by atoms with Gasteiger partial charge in [0.05, 0.1) is 25.4 Å². The van der Waals surface area contributed by atoms with Crippen molar-refractivity contribution in [1.82, 2.24) is 24.9 Å². The van der Waals surface area contributed by atoms with Crippen molar-refractivity contribution in [3.8, 4) is 28.7 Å². The van der Waals surface area contributed by atoms with Gasteiger partial charge in [-0.05, 0) is 19.1 Å². The summed E-state index contributed by atoms with van der Waals surface area (Å²) in [7, 11) is 1.53. The molecule has 0 bridgehead atoms. The maximum atomic E-state index is 12.3. The molecule has 3 heterocycles. The van der Waals surface area contributed by atoms with Gasteiger partial charge in [-0.3, -0.25) is 4.68 Å². The van der Waals surface area contributed by atoms with Gasteiger partial charge in [0.1, 0.15) is 12.2 Å². The van der Waals surface area contributed by atoms with Crippen LogP contribution in [0.25, 0.3) is 22.8 Å². The Labute approximate surface area is 125 Å². The summed E-state index contributed by atoms with van der Waals surface area (Å²) in [6.07, 6.45) is 3.23. The van der Waals surface area contributed by atoms with Gasteiger partial charge in [-0.1, -0.05) is 5.16 Å². The molecule has 0 radical (unpaired) electrons. The van der Waals surface area contributed by atoms with Crippen LogP contribution in [0.1, 0.15) is 5.69 Å². The average Bonchev–Trinajstić information content (AvgIpc) is 3.16. The third-order valence-corrected chi connectivity index (χ3v) is 3.05. The fourth-order valence-corrected chi connectivity index (χ4v) is 1.99. The van der Waals surface area contributed by atoms with E-state index in [1.165, 1.54) is 11.8 Å². The van der Waals surface area contributed by atoms with Gasteiger partial charge < -0.3 is 9.26 Å². The smallest absolute Gasteiger partial charge is 0.263 e. The third-order valence-electron chi connectivity index (χ3n) is 3.05. The molecule has 0 saturated carbocycles. The van der Waals surface area contributed by atoms with E-state index in [1.54, 1.807) is 12.4 Å². The number of alkyl halides is 1. The summed E-state index contributed by atoms with van der Waals surface area (Å²) in [5.41, 5.74) is 2.10. The molecule has 0 aromatic carbocycles. The van der Waals surface area contributed by atoms with Gasteiger partial charge in [-0.15, -0.1) is 0 Å². The van der Waals surface area contributed by atoms with Crippen molar-refractivity contribution in [2.45, 2.75) is 13.5 Å². The van der Waals surface area contributed by atoms with Crippen LogP contribution in [0, 0.1) is 6.92 Å². The lowest BCUT2D eigenvalue weighted by atomic mass is 10.2. The number of pyridine rings is 1. The van der Waals surface area contributed by atoms with E-state index in [0.29, 0.717) is 28.7 Å². The Bertz CT molecular complexity index is 783. The summed E-state index contributed by atoms with van der Waals surface area (Å²) in [5, 5.41) is 7.95. The second kappa shape index (κ2) is 5.92. The second-order valence-corrected chi connectivity index (χ2v) is 4.61. The van der Waals surface area contributed by atoms with Crippen LogP contribution in [0.4, 0.5) is 4.39 Å². The van der Waals surface area contributed by atoms with Gasteiger partial charge in [-0.2, -0.15) is 10.1 Å². The highest BCUT2D eigenvalue weighted by atomic mass is 19.1. The Balaban J connectivity index is 1.93. The van der Waals surface area contributed by atoms with Crippen molar-refractivity contribution < 1.29 is 13.7 Å². The number of hydrogen-bond donors (Lipinski definition) is 0. The van der Waals surface area contributed by atoms with Crippen molar-refractivity contribution in [2.75, 3.05) is 13.8 Å². The minimum absolute atomic E-state index is 0.195. The van der Waals surface area contributed by atoms with E-state index in [1.807, 2.05) is 19.1 Å². The molecule has 7 nitrogen and oxygen atoms in total. The lowest BCUT2D eigenvalue weighted by Crippen LogP contribution is -1.98. The van der Waals surface area contributed by atoms with Crippen molar-refractivity contribution in [3.63, 3.8) is 0 Å². The fraction of sp³-hybridized carbons (Fsp3) is 0.286. The summed E-state index contributed by atoms with van der Waals surface area (Å²) in [6.45, 7) is 1.58. The van der Waals surface area contributed by atoms with Crippen LogP contribution >= 0.6 is 0 Å². The summed E-state index contributed by atoms with van der Waals surface area (Å²) in [6, 6.07) is 3.64. The Morgan fingerprint density at radius 2 is 2.18 bits per heavy atom. The second-order valence-electron chi connectivity index (χ2n) is 4.61. The minimum Gasteiger partial charge on any atom is -0.480 e. The zero-order valence-corrected chi connectivity index (χ0v) is 12.2. The molecule has 3 rings (SSSR count). The first kappa shape index (κ1) is 14.2. The molecule has 8 heteroatoms. The van der Waals surface area contributed by atoms with Crippen LogP contribution in [0.5, 0.6) is 5.88 Å². The molecule has 0 aliphatic heterocycles. The quantitative estimate of drug-likeness (QED) is 0.719. The Hall–Kier alpha value is -2.77. The van der Waals surface area contributed by atoms with E-state index in [2.05, 4.69) is 20.2 Å². The molecule has 0 fully saturated rings. The van der Waals surface area contributed by atoms with Gasteiger partial charge in [0, 0.05) is 11.9 Å². The Morgan fingerprint density at radius 1 is 1.32 bits per heavy atom. The van der Waals surface area contributed by atoms with Crippen LogP contribution < -0.4 is 4.74 Å². The predicted molar refractivity (Wildman–Crippen MR) is 76.0 cm³/mol. The molecule has 0 amide bonds. The van der Waals surface area contributed by atoms with E-state index < -0.39 is 6.67 Å². The van der Waals surface area contributed by atoms with Gasteiger partial charge >= 0.3 is 0 Å². The highest BCUT2D eigenvalue weighted by molar-refractivity contribution is 5.63. The number of halogens is 1. The standard InChI is InChI=1S/C14H14FN5O2/c1-9-3-4-11(13(17-9)21-2)14-18-12(19-22-14)10-7-16-20(8-10)6-5-15/h3-4,7-8H,5-6H2,1-2H3. The van der Waals surface area contributed by atoms with Gasteiger partial charge in [0.2, 0.25) is 11.7 Å². The normalized spacial score (nSPS) is 10.9. The third kappa shape index (κ3) is 2.67. The number of aromatic nitrogens is 5. The summed E-state index contributed by atoms with van der Waals surface area (Å²) >= 11 is 0. The van der Waals surface area contributed by atoms with Gasteiger partial charge in [-0.25, -0.2) is 9.37 Å². The molecule has 0 atom stereocenters. The summed E-state index contributed by atoms with van der Waals surface area (Å²) in [5.74, 6) is 1.10. The van der Waals surface area contributed by atoms with Crippen molar-refractivity contribution in [2.24, 2.45) is 0 Å². The molecule has 0 N–H and O–H groups in total. The molecule has 114 valence electrons. The van der Waals surface area contributed by atoms with Gasteiger partial charge in [0.15, 0.2) is 0 Å². The van der Waals surface area contributed by atoms with Crippen molar-refractivity contribution in [3.05, 3.63) is 30.2 Å². The molecule has 0 aliphatic rings. The molecule has 3 aromatic heterocycles. The first-order valence-corrected chi connectivity index (χ1v) is 6.66. The number of hydrogen-bond acceptors (Lipinski definition) is 6. The van der Waals surface area contributed by atoms with E-state index in [9.17, 15) is 4.39 Å². The van der Waals surface area contributed by atoms with E-state index >= 15 is 0 Å². The number of methoxy groups -OCH3 is 1. The van der Waals surface area contributed by atoms with Crippen molar-refractivity contribution >= 4 is 0 Å². The van der Waals surface area contributed by atoms with Crippen LogP contribution in [0.15, 0.2) is 29.0 Å². The predicted octanol–water partition coefficient (Wildman–Crippen LogP) is 2.28. The van der Waals surface area contributed by atoms with E-state index in [-0.39, 0.29) is 6.54 Å². The molecular formula is C14H14FN5O2. The lowest BCUT2D eigenvalue weighted by Gasteiger charge is -2.03. The summed E-state index contributed by atoms with van der Waals surface area (Å²) < 4.78 is 24.3. The van der Waals surface area contributed by atoms with Crippen LogP contribution in [0.2, 0.25) is 0 Å². The zero-order chi connectivity index (χ0) is 15.5. The van der Waals surface area contributed by atoms with Crippen LogP contribution in [0.3, 0.4) is 0 Å². The minimum atomic E-state index is -0.481. The SMILES string of the molecule is COc1nc(C)ccc1-c1nc(-c2cnn(CCF)c2)no1. The van der Waals surface area contributed by atoms with Crippen LogP contribution in [-0.2, 0) is 6.54 Å². The highest BCUT2D eigenvalue weighted by Gasteiger charge is 2.16. The van der Waals surface area contributed by atoms with E-state index in [4.69, 9.17) is 9.26 Å². The van der Waals surface area contributed by atoms with Crippen molar-refractivity contribution in [1.29, 1.82) is 0 Å². The fourth-order valence-electron chi connectivity index (χ4n) is 1.99. The Morgan fingerprint density at radius 3 is 2.95 bits per heavy atom. The maximum absolute atomic E-state index is 12.3. The first-order chi connectivity index (χ1) is 10.7. The summed E-state index contributed by atoms with van der Waals surface area (Å²) in [4.78, 5) is 8.59.